The van der Waals surface area contributed by atoms with Gasteiger partial charge in [-0.2, -0.15) is 0 Å². The van der Waals surface area contributed by atoms with E-state index in [2.05, 4.69) is 13.2 Å². The van der Waals surface area contributed by atoms with Crippen molar-refractivity contribution in [3.8, 4) is 11.5 Å². The average molecular weight is 561 g/mol. The van der Waals surface area contributed by atoms with Gasteiger partial charge in [-0.1, -0.05) is 25.3 Å². The van der Waals surface area contributed by atoms with Crippen LogP contribution >= 0.6 is 0 Å². The second-order valence-corrected chi connectivity index (χ2v) is 8.65. The minimum atomic E-state index is -0.418. The molecule has 0 atom stereocenters. The van der Waals surface area contributed by atoms with E-state index in [4.69, 9.17) is 37.9 Å². The van der Waals surface area contributed by atoms with Crippen LogP contribution in [-0.4, -0.2) is 91.2 Å². The summed E-state index contributed by atoms with van der Waals surface area (Å²) in [7, 11) is 0. The summed E-state index contributed by atoms with van der Waals surface area (Å²) in [6.07, 6.45) is 0. The number of carbonyl (C=O) groups is 2. The fourth-order valence-electron chi connectivity index (χ4n) is 3.10. The molecule has 0 spiro atoms. The van der Waals surface area contributed by atoms with Gasteiger partial charge in [0.15, 0.2) is 0 Å². The Balaban J connectivity index is 1.51. The van der Waals surface area contributed by atoms with Crippen LogP contribution in [0.4, 0.5) is 0 Å². The Morgan fingerprint density at radius 3 is 1.20 bits per heavy atom. The lowest BCUT2D eigenvalue weighted by Crippen LogP contribution is -2.14. The molecule has 0 aliphatic carbocycles. The van der Waals surface area contributed by atoms with E-state index in [-0.39, 0.29) is 13.2 Å². The van der Waals surface area contributed by atoms with Crippen molar-refractivity contribution in [3.63, 3.8) is 0 Å². The van der Waals surface area contributed by atoms with Crippen LogP contribution < -0.4 is 9.47 Å². The van der Waals surface area contributed by atoms with E-state index in [1.165, 1.54) is 0 Å². The van der Waals surface area contributed by atoms with Gasteiger partial charge in [-0.15, -0.1) is 0 Å². The quantitative estimate of drug-likeness (QED) is 0.120. The summed E-state index contributed by atoms with van der Waals surface area (Å²) in [4.78, 5) is 22.5. The van der Waals surface area contributed by atoms with Crippen LogP contribution in [0.2, 0.25) is 0 Å². The summed E-state index contributed by atoms with van der Waals surface area (Å²) < 4.78 is 43.1. The Labute approximate surface area is 235 Å². The Bertz CT molecular complexity index is 996. The molecular formula is C30H40O10. The monoisotopic (exact) mass is 560 g/mol. The van der Waals surface area contributed by atoms with Crippen molar-refractivity contribution in [1.29, 1.82) is 0 Å². The second kappa shape index (κ2) is 19.6. The second-order valence-electron chi connectivity index (χ2n) is 8.65. The first kappa shape index (κ1) is 32.8. The highest BCUT2D eigenvalue weighted by Crippen LogP contribution is 2.25. The van der Waals surface area contributed by atoms with E-state index in [0.29, 0.717) is 77.2 Å². The van der Waals surface area contributed by atoms with Gasteiger partial charge in [0.25, 0.3) is 0 Å². The number of hydrogen-bond donors (Lipinski definition) is 0. The normalized spacial score (nSPS) is 10.8. The molecule has 0 radical (unpaired) electrons. The predicted molar refractivity (Wildman–Crippen MR) is 150 cm³/mol. The van der Waals surface area contributed by atoms with Gasteiger partial charge in [0.05, 0.1) is 52.9 Å². The molecule has 0 saturated carbocycles. The lowest BCUT2D eigenvalue weighted by molar-refractivity contribution is -0.141. The average Bonchev–Trinajstić information content (AvgIpc) is 2.94. The van der Waals surface area contributed by atoms with E-state index in [0.717, 1.165) is 22.3 Å². The molecule has 2 aromatic rings. The van der Waals surface area contributed by atoms with E-state index in [1.54, 1.807) is 13.8 Å². The van der Waals surface area contributed by atoms with Crippen LogP contribution in [0.25, 0.3) is 10.8 Å². The van der Waals surface area contributed by atoms with Crippen LogP contribution in [-0.2, 0) is 38.0 Å². The first-order chi connectivity index (χ1) is 19.4. The van der Waals surface area contributed by atoms with Crippen molar-refractivity contribution in [3.05, 3.63) is 60.7 Å². The zero-order chi connectivity index (χ0) is 29.0. The molecule has 10 heteroatoms. The number of rotatable bonds is 22. The smallest absolute Gasteiger partial charge is 0.333 e. The van der Waals surface area contributed by atoms with E-state index >= 15 is 0 Å². The van der Waals surface area contributed by atoms with Gasteiger partial charge in [0.2, 0.25) is 0 Å². The summed E-state index contributed by atoms with van der Waals surface area (Å²) >= 11 is 0. The fourth-order valence-corrected chi connectivity index (χ4v) is 3.10. The molecule has 0 amide bonds. The molecule has 10 nitrogen and oxygen atoms in total. The van der Waals surface area contributed by atoms with Crippen molar-refractivity contribution >= 4 is 22.7 Å². The molecule has 0 aliphatic rings. The molecule has 0 aromatic heterocycles. The van der Waals surface area contributed by atoms with Crippen molar-refractivity contribution in [1.82, 2.24) is 0 Å². The lowest BCUT2D eigenvalue weighted by Gasteiger charge is -2.10. The Morgan fingerprint density at radius 1 is 0.525 bits per heavy atom. The Hall–Kier alpha value is -3.44. The first-order valence-corrected chi connectivity index (χ1v) is 13.1. The molecule has 40 heavy (non-hydrogen) atoms. The predicted octanol–water partition coefficient (Wildman–Crippen LogP) is 3.90. The van der Waals surface area contributed by atoms with E-state index < -0.39 is 11.9 Å². The van der Waals surface area contributed by atoms with Gasteiger partial charge in [0.1, 0.15) is 37.9 Å². The molecule has 0 bridgehead atoms. The molecule has 2 rings (SSSR count). The summed E-state index contributed by atoms with van der Waals surface area (Å²) in [6, 6.07) is 11.7. The zero-order valence-electron chi connectivity index (χ0n) is 23.4. The number of benzene rings is 2. The lowest BCUT2D eigenvalue weighted by atomic mass is 10.1. The highest BCUT2D eigenvalue weighted by Gasteiger charge is 2.04. The third-order valence-electron chi connectivity index (χ3n) is 5.14. The maximum absolute atomic E-state index is 11.2. The molecule has 0 unspecified atom stereocenters. The van der Waals surface area contributed by atoms with Gasteiger partial charge in [-0.25, -0.2) is 9.59 Å². The molecule has 0 aliphatic heterocycles. The Kier molecular flexibility index (Phi) is 16.1. The van der Waals surface area contributed by atoms with Crippen molar-refractivity contribution in [2.24, 2.45) is 0 Å². The fraction of sp³-hybridized carbons (Fsp3) is 0.467. The van der Waals surface area contributed by atoms with Gasteiger partial charge < -0.3 is 37.9 Å². The number of ether oxygens (including phenoxy) is 8. The SMILES string of the molecule is C=C(C)C(=O)OCCOCCOCCOc1ccc2cc(OCCOCCOCCOC(=O)C(=C)C)ccc2c1. The highest BCUT2D eigenvalue weighted by atomic mass is 16.6. The van der Waals surface area contributed by atoms with Gasteiger partial charge in [-0.3, -0.25) is 0 Å². The maximum Gasteiger partial charge on any atom is 0.333 e. The molecule has 220 valence electrons. The molecule has 0 saturated heterocycles. The van der Waals surface area contributed by atoms with Gasteiger partial charge in [0, 0.05) is 11.1 Å². The molecule has 0 N–H and O–H groups in total. The van der Waals surface area contributed by atoms with Crippen LogP contribution in [0.5, 0.6) is 11.5 Å². The maximum atomic E-state index is 11.2. The van der Waals surface area contributed by atoms with Crippen molar-refractivity contribution < 1.29 is 47.5 Å². The number of hydrogen-bond acceptors (Lipinski definition) is 10. The van der Waals surface area contributed by atoms with Crippen LogP contribution in [0.1, 0.15) is 13.8 Å². The number of carbonyl (C=O) groups excluding carboxylic acids is 2. The summed E-state index contributed by atoms with van der Waals surface area (Å²) in [6.45, 7) is 14.6. The van der Waals surface area contributed by atoms with Crippen LogP contribution in [0.3, 0.4) is 0 Å². The minimum Gasteiger partial charge on any atom is -0.491 e. The molecule has 2 aromatic carbocycles. The zero-order valence-corrected chi connectivity index (χ0v) is 23.4. The number of fused-ring (bicyclic) bond motifs is 1. The van der Waals surface area contributed by atoms with Crippen molar-refractivity contribution in [2.75, 3.05) is 79.3 Å². The van der Waals surface area contributed by atoms with Gasteiger partial charge in [-0.05, 0) is 48.9 Å². The largest absolute Gasteiger partial charge is 0.491 e. The standard InChI is InChI=1S/C30H40O10/c1-23(2)29(31)39-19-15-35-11-9-33-13-17-37-27-7-5-26-22-28(8-6-25(26)21-27)38-18-14-34-10-12-36-16-20-40-30(32)24(3)4/h5-8,21-22H,1,3,9-20H2,2,4H3. The third kappa shape index (κ3) is 14.1. The highest BCUT2D eigenvalue weighted by molar-refractivity contribution is 5.87. The molecule has 0 fully saturated rings. The third-order valence-corrected chi connectivity index (χ3v) is 5.14. The summed E-state index contributed by atoms with van der Waals surface area (Å²) in [5.41, 5.74) is 0.730. The molecular weight excluding hydrogens is 520 g/mol. The topological polar surface area (TPSA) is 108 Å². The van der Waals surface area contributed by atoms with Crippen molar-refractivity contribution in [2.45, 2.75) is 13.8 Å². The van der Waals surface area contributed by atoms with Crippen LogP contribution in [0.15, 0.2) is 60.7 Å². The van der Waals surface area contributed by atoms with Gasteiger partial charge >= 0.3 is 11.9 Å². The van der Waals surface area contributed by atoms with E-state index in [1.807, 2.05) is 36.4 Å². The van der Waals surface area contributed by atoms with E-state index in [9.17, 15) is 9.59 Å². The minimum absolute atomic E-state index is 0.189. The first-order valence-electron chi connectivity index (χ1n) is 13.1. The number of esters is 2. The summed E-state index contributed by atoms with van der Waals surface area (Å²) in [5, 5.41) is 2.07. The van der Waals surface area contributed by atoms with Crippen LogP contribution in [0, 0.1) is 0 Å². The Morgan fingerprint density at radius 2 is 0.850 bits per heavy atom. The summed E-state index contributed by atoms with van der Waals surface area (Å²) in [5.74, 6) is 0.673. The molecule has 0 heterocycles.